The van der Waals surface area contributed by atoms with Crippen molar-refractivity contribution >= 4 is 29.3 Å². The van der Waals surface area contributed by atoms with E-state index >= 15 is 0 Å². The smallest absolute Gasteiger partial charge is 0.220 e. The summed E-state index contributed by atoms with van der Waals surface area (Å²) in [5, 5.41) is 13.1. The molecule has 1 atom stereocenters. The van der Waals surface area contributed by atoms with Crippen LogP contribution in [0.1, 0.15) is 50.9 Å². The Kier molecular flexibility index (Phi) is 10.5. The minimum Gasteiger partial charge on any atom is -0.356 e. The molecule has 1 aromatic heterocycles. The van der Waals surface area contributed by atoms with E-state index in [1.807, 2.05) is 18.2 Å². The molecule has 0 bridgehead atoms. The largest absolute Gasteiger partial charge is 0.356 e. The van der Waals surface area contributed by atoms with Crippen LogP contribution in [0, 0.1) is 5.92 Å². The first kappa shape index (κ1) is 25.6. The molecule has 33 heavy (non-hydrogen) atoms. The van der Waals surface area contributed by atoms with Gasteiger partial charge in [0.2, 0.25) is 5.91 Å². The molecule has 0 saturated carbocycles. The summed E-state index contributed by atoms with van der Waals surface area (Å²) in [5.41, 5.74) is 2.63. The maximum Gasteiger partial charge on any atom is 0.220 e. The monoisotopic (exact) mass is 486 g/mol. The number of thioether (sulfide) groups is 1. The number of nitrogens with zero attached hydrogens (tertiary/aromatic N) is 3. The van der Waals surface area contributed by atoms with Crippen molar-refractivity contribution in [2.24, 2.45) is 5.92 Å². The van der Waals surface area contributed by atoms with Crippen molar-refractivity contribution in [3.8, 4) is 0 Å². The lowest BCUT2D eigenvalue weighted by molar-refractivity contribution is -0.121. The Hall–Kier alpha value is -2.05. The molecule has 0 spiro atoms. The second-order valence-corrected chi connectivity index (χ2v) is 10.4. The summed E-state index contributed by atoms with van der Waals surface area (Å²) in [7, 11) is 0. The van der Waals surface area contributed by atoms with Crippen molar-refractivity contribution in [3.63, 3.8) is 0 Å². The standard InChI is InChI=1S/C26H35ClN4OS/c1-20(2)18-28-25(32)14-7-6-13-24-29-30-26(33-19-22-11-8-12-23(27)17-22)31(24)16-15-21-9-4-3-5-10-21/h3-5,8-12,20,23H,6-7,13-19H2,1-2H3,(H,28,32). The third-order valence-corrected chi connectivity index (χ3v) is 6.89. The number of hydrogen-bond acceptors (Lipinski definition) is 4. The van der Waals surface area contributed by atoms with Crippen LogP contribution >= 0.6 is 23.4 Å². The molecule has 178 valence electrons. The highest BCUT2D eigenvalue weighted by Crippen LogP contribution is 2.26. The highest BCUT2D eigenvalue weighted by Gasteiger charge is 2.15. The average Bonchev–Trinajstić information content (AvgIpc) is 3.20. The molecule has 2 aromatic rings. The van der Waals surface area contributed by atoms with Gasteiger partial charge in [0.25, 0.3) is 0 Å². The summed E-state index contributed by atoms with van der Waals surface area (Å²) in [6.07, 6.45) is 11.2. The molecule has 0 aliphatic heterocycles. The van der Waals surface area contributed by atoms with Gasteiger partial charge in [-0.3, -0.25) is 4.79 Å². The van der Waals surface area contributed by atoms with E-state index in [1.165, 1.54) is 11.1 Å². The summed E-state index contributed by atoms with van der Waals surface area (Å²) in [4.78, 5) is 12.0. The van der Waals surface area contributed by atoms with Crippen molar-refractivity contribution in [2.75, 3.05) is 12.3 Å². The molecule has 7 heteroatoms. The van der Waals surface area contributed by atoms with Crippen LogP contribution in [0.25, 0.3) is 0 Å². The first-order valence-corrected chi connectivity index (χ1v) is 13.3. The number of rotatable bonds is 13. The van der Waals surface area contributed by atoms with Crippen LogP contribution in [0.3, 0.4) is 0 Å². The van der Waals surface area contributed by atoms with Gasteiger partial charge in [-0.15, -0.1) is 21.8 Å². The summed E-state index contributed by atoms with van der Waals surface area (Å²) in [6, 6.07) is 10.5. The Morgan fingerprint density at radius 3 is 2.79 bits per heavy atom. The van der Waals surface area contributed by atoms with E-state index < -0.39 is 0 Å². The van der Waals surface area contributed by atoms with E-state index in [0.29, 0.717) is 12.3 Å². The first-order chi connectivity index (χ1) is 16.0. The zero-order valence-electron chi connectivity index (χ0n) is 19.7. The highest BCUT2D eigenvalue weighted by molar-refractivity contribution is 7.99. The Bertz CT molecular complexity index is 939. The number of hydrogen-bond donors (Lipinski definition) is 1. The lowest BCUT2D eigenvalue weighted by Crippen LogP contribution is -2.26. The molecule has 0 radical (unpaired) electrons. The number of allylic oxidation sites excluding steroid dienone is 3. The molecular formula is C26H35ClN4OS. The zero-order valence-corrected chi connectivity index (χ0v) is 21.2. The molecule has 1 aromatic carbocycles. The van der Waals surface area contributed by atoms with Gasteiger partial charge in [-0.2, -0.15) is 0 Å². The average molecular weight is 487 g/mol. The van der Waals surface area contributed by atoms with Gasteiger partial charge in [0.15, 0.2) is 5.16 Å². The normalized spacial score (nSPS) is 15.6. The van der Waals surface area contributed by atoms with Gasteiger partial charge in [-0.1, -0.05) is 79.7 Å². The van der Waals surface area contributed by atoms with Gasteiger partial charge in [0.1, 0.15) is 5.82 Å². The molecule has 1 heterocycles. The van der Waals surface area contributed by atoms with Crippen LogP contribution in [-0.4, -0.2) is 38.3 Å². The number of benzene rings is 1. The summed E-state index contributed by atoms with van der Waals surface area (Å²) in [6.45, 7) is 5.80. The lowest BCUT2D eigenvalue weighted by atomic mass is 10.1. The fraction of sp³-hybridized carbons (Fsp3) is 0.500. The summed E-state index contributed by atoms with van der Waals surface area (Å²) < 4.78 is 2.26. The lowest BCUT2D eigenvalue weighted by Gasteiger charge is -2.14. The molecule has 1 aliphatic carbocycles. The predicted molar refractivity (Wildman–Crippen MR) is 138 cm³/mol. The molecule has 0 saturated heterocycles. The predicted octanol–water partition coefficient (Wildman–Crippen LogP) is 5.59. The quantitative estimate of drug-likeness (QED) is 0.228. The third kappa shape index (κ3) is 9.01. The van der Waals surface area contributed by atoms with Crippen LogP contribution in [0.4, 0.5) is 0 Å². The number of alkyl halides is 1. The van der Waals surface area contributed by atoms with E-state index in [2.05, 4.69) is 64.3 Å². The van der Waals surface area contributed by atoms with Crippen LogP contribution in [0.15, 0.2) is 59.3 Å². The summed E-state index contributed by atoms with van der Waals surface area (Å²) in [5.74, 6) is 2.48. The minimum atomic E-state index is 0.0786. The van der Waals surface area contributed by atoms with Crippen LogP contribution in [0.5, 0.6) is 0 Å². The Morgan fingerprint density at radius 1 is 1.21 bits per heavy atom. The third-order valence-electron chi connectivity index (χ3n) is 5.52. The van der Waals surface area contributed by atoms with Gasteiger partial charge in [-0.25, -0.2) is 0 Å². The maximum absolute atomic E-state index is 12.0. The number of nitrogens with one attached hydrogen (secondary N) is 1. The van der Waals surface area contributed by atoms with Gasteiger partial charge >= 0.3 is 0 Å². The zero-order chi connectivity index (χ0) is 23.5. The number of carbonyl (C=O) groups is 1. The molecule has 1 N–H and O–H groups in total. The Labute approximate surface area is 207 Å². The van der Waals surface area contributed by atoms with Gasteiger partial charge in [-0.05, 0) is 37.2 Å². The number of aromatic nitrogens is 3. The van der Waals surface area contributed by atoms with E-state index in [1.54, 1.807) is 11.8 Å². The van der Waals surface area contributed by atoms with Crippen molar-refractivity contribution in [1.82, 2.24) is 20.1 Å². The SMILES string of the molecule is CC(C)CNC(=O)CCCCc1nnc(SCC2=CC=CC(Cl)C2)n1CCc1ccccc1. The topological polar surface area (TPSA) is 59.8 Å². The van der Waals surface area contributed by atoms with Gasteiger partial charge in [0.05, 0.1) is 5.38 Å². The molecule has 1 aliphatic rings. The van der Waals surface area contributed by atoms with Crippen molar-refractivity contribution in [3.05, 3.63) is 65.5 Å². The molecule has 1 amide bonds. The van der Waals surface area contributed by atoms with Crippen molar-refractivity contribution in [1.29, 1.82) is 0 Å². The molecule has 0 fully saturated rings. The minimum absolute atomic E-state index is 0.0786. The molecular weight excluding hydrogens is 452 g/mol. The second-order valence-electron chi connectivity index (χ2n) is 8.91. The van der Waals surface area contributed by atoms with Crippen molar-refractivity contribution in [2.45, 2.75) is 69.5 Å². The number of carbonyl (C=O) groups excluding carboxylic acids is 1. The van der Waals surface area contributed by atoms with E-state index in [9.17, 15) is 4.79 Å². The van der Waals surface area contributed by atoms with Crippen LogP contribution in [-0.2, 0) is 24.2 Å². The fourth-order valence-electron chi connectivity index (χ4n) is 3.66. The van der Waals surface area contributed by atoms with Crippen LogP contribution in [0.2, 0.25) is 0 Å². The fourth-order valence-corrected chi connectivity index (χ4v) is 4.92. The molecule has 1 unspecified atom stereocenters. The van der Waals surface area contributed by atoms with Crippen LogP contribution < -0.4 is 5.32 Å². The Morgan fingerprint density at radius 2 is 2.03 bits per heavy atom. The Balaban J connectivity index is 1.58. The van der Waals surface area contributed by atoms with Gasteiger partial charge < -0.3 is 9.88 Å². The maximum atomic E-state index is 12.0. The number of halogens is 1. The number of unbranched alkanes of at least 4 members (excludes halogenated alkanes) is 1. The summed E-state index contributed by atoms with van der Waals surface area (Å²) >= 11 is 8.01. The first-order valence-electron chi connectivity index (χ1n) is 11.9. The van der Waals surface area contributed by atoms with E-state index in [0.717, 1.165) is 61.9 Å². The van der Waals surface area contributed by atoms with Crippen molar-refractivity contribution < 1.29 is 4.79 Å². The molecule has 3 rings (SSSR count). The van der Waals surface area contributed by atoms with E-state index in [4.69, 9.17) is 11.6 Å². The molecule has 5 nitrogen and oxygen atoms in total. The van der Waals surface area contributed by atoms with E-state index in [-0.39, 0.29) is 11.3 Å². The highest BCUT2D eigenvalue weighted by atomic mass is 35.5. The van der Waals surface area contributed by atoms with Gasteiger partial charge in [0, 0.05) is 31.7 Å². The second kappa shape index (κ2) is 13.6. The number of amides is 1. The number of aryl methyl sites for hydroxylation is 2.